The maximum atomic E-state index is 12.1. The molecule has 1 saturated heterocycles. The van der Waals surface area contributed by atoms with Gasteiger partial charge < -0.3 is 4.74 Å². The van der Waals surface area contributed by atoms with Crippen molar-refractivity contribution in [3.8, 4) is 0 Å². The molecular formula is C14H16N2O3. The van der Waals surface area contributed by atoms with Crippen LogP contribution in [0.25, 0.3) is 0 Å². The average Bonchev–Trinajstić information content (AvgIpc) is 3.08. The number of nitrogens with one attached hydrogen (secondary N) is 2. The molecular weight excluding hydrogens is 244 g/mol. The van der Waals surface area contributed by atoms with E-state index in [4.69, 9.17) is 4.74 Å². The Morgan fingerprint density at radius 2 is 2.11 bits per heavy atom. The van der Waals surface area contributed by atoms with Crippen LogP contribution >= 0.6 is 0 Å². The van der Waals surface area contributed by atoms with E-state index in [9.17, 15) is 9.59 Å². The molecule has 1 aromatic carbocycles. The van der Waals surface area contributed by atoms with Gasteiger partial charge >= 0.3 is 0 Å². The van der Waals surface area contributed by atoms with Crippen LogP contribution in [0, 0.1) is 0 Å². The SMILES string of the molecule is O=C(NC(=O)[C@H]1CCCO1)C1NCc2ccccc21. The first-order valence-electron chi connectivity index (χ1n) is 6.53. The number of benzene rings is 1. The third-order valence-corrected chi connectivity index (χ3v) is 3.59. The Hall–Kier alpha value is -1.72. The Kier molecular flexibility index (Phi) is 3.31. The second kappa shape index (κ2) is 5.11. The molecule has 0 saturated carbocycles. The summed E-state index contributed by atoms with van der Waals surface area (Å²) in [6, 6.07) is 7.29. The van der Waals surface area contributed by atoms with Crippen LogP contribution in [0.5, 0.6) is 0 Å². The Balaban J connectivity index is 1.67. The highest BCUT2D eigenvalue weighted by Crippen LogP contribution is 2.25. The zero-order chi connectivity index (χ0) is 13.2. The van der Waals surface area contributed by atoms with E-state index >= 15 is 0 Å². The molecule has 2 amide bonds. The molecule has 0 bridgehead atoms. The minimum absolute atomic E-state index is 0.301. The molecule has 2 aliphatic rings. The summed E-state index contributed by atoms with van der Waals surface area (Å²) >= 11 is 0. The number of amides is 2. The Labute approximate surface area is 111 Å². The Bertz CT molecular complexity index is 509. The predicted octanol–water partition coefficient (Wildman–Crippen LogP) is 0.653. The number of carbonyl (C=O) groups excluding carboxylic acids is 2. The molecule has 0 radical (unpaired) electrons. The van der Waals surface area contributed by atoms with Crippen molar-refractivity contribution in [2.45, 2.75) is 31.5 Å². The summed E-state index contributed by atoms with van der Waals surface area (Å²) in [5.41, 5.74) is 2.05. The first-order chi connectivity index (χ1) is 9.25. The molecule has 2 N–H and O–H groups in total. The molecule has 0 aliphatic carbocycles. The molecule has 0 spiro atoms. The summed E-state index contributed by atoms with van der Waals surface area (Å²) in [6.07, 6.45) is 1.09. The fraction of sp³-hybridized carbons (Fsp3) is 0.429. The van der Waals surface area contributed by atoms with Crippen LogP contribution < -0.4 is 10.6 Å². The molecule has 19 heavy (non-hydrogen) atoms. The van der Waals surface area contributed by atoms with Gasteiger partial charge in [0.2, 0.25) is 5.91 Å². The van der Waals surface area contributed by atoms with E-state index in [0.29, 0.717) is 19.6 Å². The summed E-state index contributed by atoms with van der Waals surface area (Å²) in [6.45, 7) is 1.25. The van der Waals surface area contributed by atoms with E-state index < -0.39 is 12.1 Å². The third-order valence-electron chi connectivity index (χ3n) is 3.59. The summed E-state index contributed by atoms with van der Waals surface area (Å²) < 4.78 is 5.26. The quantitative estimate of drug-likeness (QED) is 0.766. The van der Waals surface area contributed by atoms with Crippen molar-refractivity contribution < 1.29 is 14.3 Å². The van der Waals surface area contributed by atoms with E-state index in [-0.39, 0.29) is 11.8 Å². The predicted molar refractivity (Wildman–Crippen MR) is 68.1 cm³/mol. The normalized spacial score (nSPS) is 25.1. The zero-order valence-corrected chi connectivity index (χ0v) is 10.5. The molecule has 2 atom stereocenters. The van der Waals surface area contributed by atoms with Gasteiger partial charge in [0.25, 0.3) is 5.91 Å². The second-order valence-electron chi connectivity index (χ2n) is 4.87. The standard InChI is InChI=1S/C14H16N2O3/c17-13(11-6-3-7-19-11)16-14(18)12-10-5-2-1-4-9(10)8-15-12/h1-2,4-5,11-12,15H,3,6-8H2,(H,16,17,18)/t11-,12?/m1/s1. The van der Waals surface area contributed by atoms with Crippen molar-refractivity contribution in [1.82, 2.24) is 10.6 Å². The van der Waals surface area contributed by atoms with Gasteiger partial charge in [-0.15, -0.1) is 0 Å². The van der Waals surface area contributed by atoms with Crippen LogP contribution in [-0.4, -0.2) is 24.5 Å². The minimum Gasteiger partial charge on any atom is -0.368 e. The summed E-state index contributed by atoms with van der Waals surface area (Å²) in [7, 11) is 0. The van der Waals surface area contributed by atoms with Gasteiger partial charge in [0.1, 0.15) is 12.1 Å². The lowest BCUT2D eigenvalue weighted by Gasteiger charge is -2.14. The van der Waals surface area contributed by atoms with Gasteiger partial charge in [0, 0.05) is 13.2 Å². The summed E-state index contributed by atoms with van der Waals surface area (Å²) in [4.78, 5) is 24.0. The smallest absolute Gasteiger partial charge is 0.255 e. The van der Waals surface area contributed by atoms with E-state index in [2.05, 4.69) is 10.6 Å². The monoisotopic (exact) mass is 260 g/mol. The number of hydrogen-bond acceptors (Lipinski definition) is 4. The van der Waals surface area contributed by atoms with E-state index in [0.717, 1.165) is 17.5 Å². The summed E-state index contributed by atoms with van der Waals surface area (Å²) in [5, 5.41) is 5.55. The Morgan fingerprint density at radius 1 is 1.26 bits per heavy atom. The molecule has 5 nitrogen and oxygen atoms in total. The molecule has 1 aromatic rings. The van der Waals surface area contributed by atoms with Crippen molar-refractivity contribution in [2.24, 2.45) is 0 Å². The number of carbonyl (C=O) groups is 2. The maximum Gasteiger partial charge on any atom is 0.255 e. The fourth-order valence-electron chi connectivity index (χ4n) is 2.59. The highest BCUT2D eigenvalue weighted by atomic mass is 16.5. The third kappa shape index (κ3) is 2.39. The highest BCUT2D eigenvalue weighted by molar-refractivity contribution is 6.00. The van der Waals surface area contributed by atoms with Crippen molar-refractivity contribution >= 4 is 11.8 Å². The fourth-order valence-corrected chi connectivity index (χ4v) is 2.59. The van der Waals surface area contributed by atoms with E-state index in [1.807, 2.05) is 24.3 Å². The van der Waals surface area contributed by atoms with Crippen molar-refractivity contribution in [3.05, 3.63) is 35.4 Å². The molecule has 3 rings (SSSR count). The van der Waals surface area contributed by atoms with Crippen LogP contribution in [-0.2, 0) is 20.9 Å². The van der Waals surface area contributed by atoms with Crippen LogP contribution in [0.15, 0.2) is 24.3 Å². The number of ether oxygens (including phenoxy) is 1. The number of hydrogen-bond donors (Lipinski definition) is 2. The first kappa shape index (κ1) is 12.3. The highest BCUT2D eigenvalue weighted by Gasteiger charge is 2.31. The Morgan fingerprint density at radius 3 is 2.89 bits per heavy atom. The van der Waals surface area contributed by atoms with Crippen LogP contribution in [0.4, 0.5) is 0 Å². The van der Waals surface area contributed by atoms with Gasteiger partial charge in [-0.2, -0.15) is 0 Å². The van der Waals surface area contributed by atoms with Crippen molar-refractivity contribution in [2.75, 3.05) is 6.61 Å². The largest absolute Gasteiger partial charge is 0.368 e. The zero-order valence-electron chi connectivity index (χ0n) is 10.5. The average molecular weight is 260 g/mol. The van der Waals surface area contributed by atoms with Gasteiger partial charge in [-0.1, -0.05) is 24.3 Å². The molecule has 2 heterocycles. The molecule has 1 fully saturated rings. The molecule has 0 aromatic heterocycles. The van der Waals surface area contributed by atoms with Gasteiger partial charge in [0.05, 0.1) is 0 Å². The lowest BCUT2D eigenvalue weighted by atomic mass is 10.0. The van der Waals surface area contributed by atoms with Crippen LogP contribution in [0.3, 0.4) is 0 Å². The van der Waals surface area contributed by atoms with Gasteiger partial charge in [-0.05, 0) is 24.0 Å². The number of fused-ring (bicyclic) bond motifs is 1. The molecule has 2 aliphatic heterocycles. The van der Waals surface area contributed by atoms with Crippen molar-refractivity contribution in [1.29, 1.82) is 0 Å². The van der Waals surface area contributed by atoms with Crippen molar-refractivity contribution in [3.63, 3.8) is 0 Å². The maximum absolute atomic E-state index is 12.1. The molecule has 1 unspecified atom stereocenters. The van der Waals surface area contributed by atoms with E-state index in [1.54, 1.807) is 0 Å². The minimum atomic E-state index is -0.472. The van der Waals surface area contributed by atoms with Crippen LogP contribution in [0.1, 0.15) is 30.0 Å². The van der Waals surface area contributed by atoms with Crippen LogP contribution in [0.2, 0.25) is 0 Å². The first-order valence-corrected chi connectivity index (χ1v) is 6.53. The van der Waals surface area contributed by atoms with Gasteiger partial charge in [-0.25, -0.2) is 0 Å². The van der Waals surface area contributed by atoms with Gasteiger partial charge in [0.15, 0.2) is 0 Å². The number of imide groups is 1. The lowest BCUT2D eigenvalue weighted by molar-refractivity contribution is -0.137. The lowest BCUT2D eigenvalue weighted by Crippen LogP contribution is -2.42. The molecule has 5 heteroatoms. The summed E-state index contributed by atoms with van der Waals surface area (Å²) in [5.74, 6) is -0.626. The second-order valence-corrected chi connectivity index (χ2v) is 4.87. The van der Waals surface area contributed by atoms with E-state index in [1.165, 1.54) is 0 Å². The molecule has 100 valence electrons. The topological polar surface area (TPSA) is 67.4 Å². The number of rotatable bonds is 2. The van der Waals surface area contributed by atoms with Gasteiger partial charge in [-0.3, -0.25) is 20.2 Å².